The van der Waals surface area contributed by atoms with Gasteiger partial charge in [-0.05, 0) is 58.7 Å². The van der Waals surface area contributed by atoms with Crippen LogP contribution in [0.15, 0.2) is 45.3 Å². The fraction of sp³-hybridized carbons (Fsp3) is 0.286. The Kier molecular flexibility index (Phi) is 6.94. The largest absolute Gasteiger partial charge is 0.493 e. The van der Waals surface area contributed by atoms with E-state index in [0.717, 1.165) is 10.0 Å². The first-order valence-corrected chi connectivity index (χ1v) is 9.88. The van der Waals surface area contributed by atoms with E-state index in [9.17, 15) is 4.79 Å². The van der Waals surface area contributed by atoms with Crippen molar-refractivity contribution in [2.75, 3.05) is 27.9 Å². The number of aromatic nitrogens is 2. The van der Waals surface area contributed by atoms with Crippen LogP contribution in [0.2, 0.25) is 0 Å². The molecule has 0 aliphatic rings. The molecule has 0 fully saturated rings. The number of carbonyl (C=O) groups is 1. The number of benzene rings is 2. The third-order valence-electron chi connectivity index (χ3n) is 4.33. The molecule has 0 aliphatic carbocycles. The number of carbonyl (C=O) groups excluding carboxylic acids is 1. The normalized spacial score (nSPS) is 10.6. The maximum Gasteiger partial charge on any atom is 0.260 e. The van der Waals surface area contributed by atoms with Crippen molar-refractivity contribution in [1.82, 2.24) is 15.1 Å². The van der Waals surface area contributed by atoms with Crippen LogP contribution in [0.4, 0.5) is 0 Å². The predicted molar refractivity (Wildman–Crippen MR) is 114 cm³/mol. The summed E-state index contributed by atoms with van der Waals surface area (Å²) < 4.78 is 22.6. The van der Waals surface area contributed by atoms with Crippen molar-refractivity contribution < 1.29 is 23.4 Å². The third-order valence-corrected chi connectivity index (χ3v) is 4.95. The van der Waals surface area contributed by atoms with Gasteiger partial charge in [0.15, 0.2) is 18.1 Å². The molecule has 9 heteroatoms. The SMILES string of the molecule is COc1ccc(-c2nnc(CN(C)C(=O)COc3ccc(C)cc3Br)o2)cc1OC. The molecule has 8 nitrogen and oxygen atoms in total. The summed E-state index contributed by atoms with van der Waals surface area (Å²) >= 11 is 3.43. The van der Waals surface area contributed by atoms with Crippen LogP contribution in [-0.2, 0) is 11.3 Å². The molecule has 1 heterocycles. The first-order chi connectivity index (χ1) is 14.4. The topological polar surface area (TPSA) is 86.9 Å². The average molecular weight is 476 g/mol. The van der Waals surface area contributed by atoms with Crippen LogP contribution in [0.25, 0.3) is 11.5 Å². The number of halogens is 1. The number of likely N-dealkylation sites (N-methyl/N-ethyl adjacent to an activating group) is 1. The van der Waals surface area contributed by atoms with E-state index in [0.29, 0.717) is 34.6 Å². The number of nitrogens with zero attached hydrogens (tertiary/aromatic N) is 3. The maximum absolute atomic E-state index is 12.4. The van der Waals surface area contributed by atoms with Gasteiger partial charge in [-0.2, -0.15) is 0 Å². The Morgan fingerprint density at radius 3 is 2.50 bits per heavy atom. The monoisotopic (exact) mass is 475 g/mol. The minimum absolute atomic E-state index is 0.102. The van der Waals surface area contributed by atoms with Crippen LogP contribution >= 0.6 is 15.9 Å². The Morgan fingerprint density at radius 2 is 1.80 bits per heavy atom. The summed E-state index contributed by atoms with van der Waals surface area (Å²) in [4.78, 5) is 13.9. The standard InChI is InChI=1S/C21H22BrN3O5/c1-13-5-7-16(15(22)9-13)29-12-20(26)25(2)11-19-23-24-21(30-19)14-6-8-17(27-3)18(10-14)28-4/h5-10H,11-12H2,1-4H3. The lowest BCUT2D eigenvalue weighted by molar-refractivity contribution is -0.132. The van der Waals surface area contributed by atoms with Crippen molar-refractivity contribution in [3.05, 3.63) is 52.3 Å². The molecule has 3 rings (SSSR count). The molecule has 0 bridgehead atoms. The van der Waals surface area contributed by atoms with Gasteiger partial charge >= 0.3 is 0 Å². The molecule has 2 aromatic carbocycles. The van der Waals surface area contributed by atoms with E-state index < -0.39 is 0 Å². The van der Waals surface area contributed by atoms with E-state index in [-0.39, 0.29) is 19.1 Å². The van der Waals surface area contributed by atoms with E-state index in [1.807, 2.05) is 25.1 Å². The summed E-state index contributed by atoms with van der Waals surface area (Å²) in [7, 11) is 4.77. The highest BCUT2D eigenvalue weighted by Gasteiger charge is 2.17. The zero-order valence-corrected chi connectivity index (χ0v) is 18.7. The maximum atomic E-state index is 12.4. The van der Waals surface area contributed by atoms with Gasteiger partial charge in [0.2, 0.25) is 11.8 Å². The molecule has 158 valence electrons. The molecule has 0 saturated heterocycles. The van der Waals surface area contributed by atoms with Crippen molar-refractivity contribution in [3.8, 4) is 28.7 Å². The third kappa shape index (κ3) is 5.10. The lowest BCUT2D eigenvalue weighted by Gasteiger charge is -2.16. The number of ether oxygens (including phenoxy) is 3. The minimum atomic E-state index is -0.214. The van der Waals surface area contributed by atoms with Gasteiger partial charge in [-0.1, -0.05) is 6.07 Å². The van der Waals surface area contributed by atoms with Gasteiger partial charge in [-0.3, -0.25) is 4.79 Å². The molecule has 0 unspecified atom stereocenters. The second kappa shape index (κ2) is 9.62. The van der Waals surface area contributed by atoms with Crippen LogP contribution in [0.5, 0.6) is 17.2 Å². The molecule has 1 amide bonds. The number of methoxy groups -OCH3 is 2. The second-order valence-corrected chi connectivity index (χ2v) is 7.40. The van der Waals surface area contributed by atoms with Crippen LogP contribution < -0.4 is 14.2 Å². The van der Waals surface area contributed by atoms with Crippen LogP contribution in [0.3, 0.4) is 0 Å². The second-order valence-electron chi connectivity index (χ2n) is 6.54. The van der Waals surface area contributed by atoms with Gasteiger partial charge in [-0.25, -0.2) is 0 Å². The van der Waals surface area contributed by atoms with E-state index in [1.54, 1.807) is 39.5 Å². The van der Waals surface area contributed by atoms with E-state index in [1.165, 1.54) is 4.90 Å². The number of hydrogen-bond donors (Lipinski definition) is 0. The molecule has 0 N–H and O–H groups in total. The first-order valence-electron chi connectivity index (χ1n) is 9.09. The molecule has 30 heavy (non-hydrogen) atoms. The summed E-state index contributed by atoms with van der Waals surface area (Å²) in [5, 5.41) is 8.08. The molecule has 3 aromatic rings. The fourth-order valence-corrected chi connectivity index (χ4v) is 3.27. The average Bonchev–Trinajstić information content (AvgIpc) is 3.20. The molecule has 0 radical (unpaired) electrons. The van der Waals surface area contributed by atoms with Crippen LogP contribution in [-0.4, -0.2) is 48.9 Å². The van der Waals surface area contributed by atoms with E-state index in [4.69, 9.17) is 18.6 Å². The Hall–Kier alpha value is -3.07. The number of hydrogen-bond acceptors (Lipinski definition) is 7. The summed E-state index contributed by atoms with van der Waals surface area (Å²) in [6.07, 6.45) is 0. The number of amides is 1. The van der Waals surface area contributed by atoms with Crippen LogP contribution in [0.1, 0.15) is 11.5 Å². The molecule has 0 aliphatic heterocycles. The molecular weight excluding hydrogens is 454 g/mol. The van der Waals surface area contributed by atoms with Gasteiger partial charge in [0.05, 0.1) is 25.2 Å². The first kappa shape index (κ1) is 21.6. The molecular formula is C21H22BrN3O5. The van der Waals surface area contributed by atoms with Crippen molar-refractivity contribution in [2.24, 2.45) is 0 Å². The zero-order valence-electron chi connectivity index (χ0n) is 17.1. The van der Waals surface area contributed by atoms with E-state index >= 15 is 0 Å². The number of rotatable bonds is 8. The van der Waals surface area contributed by atoms with Gasteiger partial charge in [0, 0.05) is 12.6 Å². The molecule has 0 spiro atoms. The molecule has 0 saturated carbocycles. The highest BCUT2D eigenvalue weighted by atomic mass is 79.9. The highest BCUT2D eigenvalue weighted by molar-refractivity contribution is 9.10. The van der Waals surface area contributed by atoms with Gasteiger partial charge in [0.1, 0.15) is 5.75 Å². The predicted octanol–water partition coefficient (Wildman–Crippen LogP) is 3.86. The Morgan fingerprint density at radius 1 is 1.07 bits per heavy atom. The number of aryl methyl sites for hydroxylation is 1. The van der Waals surface area contributed by atoms with Crippen molar-refractivity contribution in [3.63, 3.8) is 0 Å². The zero-order chi connectivity index (χ0) is 21.7. The van der Waals surface area contributed by atoms with Crippen LogP contribution in [0, 0.1) is 6.92 Å². The van der Waals surface area contributed by atoms with E-state index in [2.05, 4.69) is 26.1 Å². The lowest BCUT2D eigenvalue weighted by Crippen LogP contribution is -2.31. The quantitative estimate of drug-likeness (QED) is 0.488. The van der Waals surface area contributed by atoms with Gasteiger partial charge in [0.25, 0.3) is 5.91 Å². The Labute approximate surface area is 182 Å². The Balaban J connectivity index is 1.61. The summed E-state index contributed by atoms with van der Waals surface area (Å²) in [5.74, 6) is 2.19. The highest BCUT2D eigenvalue weighted by Crippen LogP contribution is 2.31. The molecule has 1 aromatic heterocycles. The fourth-order valence-electron chi connectivity index (χ4n) is 2.67. The summed E-state index contributed by atoms with van der Waals surface area (Å²) in [6.45, 7) is 2.04. The smallest absolute Gasteiger partial charge is 0.260 e. The van der Waals surface area contributed by atoms with Crippen molar-refractivity contribution in [1.29, 1.82) is 0 Å². The van der Waals surface area contributed by atoms with Gasteiger partial charge in [-0.15, -0.1) is 10.2 Å². The van der Waals surface area contributed by atoms with Gasteiger partial charge < -0.3 is 23.5 Å². The summed E-state index contributed by atoms with van der Waals surface area (Å²) in [6, 6.07) is 11.0. The molecule has 0 atom stereocenters. The lowest BCUT2D eigenvalue weighted by atomic mass is 10.2. The minimum Gasteiger partial charge on any atom is -0.493 e. The van der Waals surface area contributed by atoms with Crippen molar-refractivity contribution >= 4 is 21.8 Å². The summed E-state index contributed by atoms with van der Waals surface area (Å²) in [5.41, 5.74) is 1.78. The van der Waals surface area contributed by atoms with Crippen molar-refractivity contribution in [2.45, 2.75) is 13.5 Å². The Bertz CT molecular complexity index is 1040.